The molecule has 174 valence electrons. The maximum Gasteiger partial charge on any atom is 0.251 e. The summed E-state index contributed by atoms with van der Waals surface area (Å²) in [6.45, 7) is 16.8. The highest BCUT2D eigenvalue weighted by atomic mass is 32.2. The first-order chi connectivity index (χ1) is 14.8. The van der Waals surface area contributed by atoms with E-state index in [0.717, 1.165) is 45.9 Å². The molecule has 2 aromatic heterocycles. The number of aromatic nitrogens is 2. The molecule has 0 unspecified atom stereocenters. The molecule has 0 aliphatic heterocycles. The van der Waals surface area contributed by atoms with Gasteiger partial charge in [-0.05, 0) is 76.1 Å². The van der Waals surface area contributed by atoms with Crippen molar-refractivity contribution >= 4 is 21.4 Å². The van der Waals surface area contributed by atoms with Crippen molar-refractivity contribution in [2.24, 2.45) is 5.92 Å². The molecule has 0 saturated carbocycles. The van der Waals surface area contributed by atoms with Crippen molar-refractivity contribution in [1.29, 1.82) is 0 Å². The summed E-state index contributed by atoms with van der Waals surface area (Å²) in [4.78, 5) is 5.44. The first-order valence-corrected chi connectivity index (χ1v) is 13.3. The minimum absolute atomic E-state index is 0.415. The third kappa shape index (κ3) is 5.50. The van der Waals surface area contributed by atoms with Crippen LogP contribution < -0.4 is 4.72 Å². The van der Waals surface area contributed by atoms with Crippen LogP contribution in [-0.4, -0.2) is 23.5 Å². The Bertz CT molecular complexity index is 1210. The first kappa shape index (κ1) is 24.7. The molecule has 0 aliphatic rings. The van der Waals surface area contributed by atoms with Gasteiger partial charge in [0, 0.05) is 34.9 Å². The fourth-order valence-corrected chi connectivity index (χ4v) is 7.43. The van der Waals surface area contributed by atoms with E-state index in [-0.39, 0.29) is 0 Å². The largest absolute Gasteiger partial charge is 0.331 e. The van der Waals surface area contributed by atoms with Crippen molar-refractivity contribution in [3.05, 3.63) is 58.0 Å². The number of nitrogens with one attached hydrogen (secondary N) is 1. The molecule has 32 heavy (non-hydrogen) atoms. The highest BCUT2D eigenvalue weighted by Gasteiger charge is 2.30. The molecule has 0 saturated heterocycles. The van der Waals surface area contributed by atoms with Gasteiger partial charge in [-0.15, -0.1) is 11.3 Å². The molecule has 7 heteroatoms. The number of rotatable bonds is 7. The number of thiophene rings is 1. The zero-order valence-electron chi connectivity index (χ0n) is 20.4. The van der Waals surface area contributed by atoms with Crippen LogP contribution in [0.25, 0.3) is 11.1 Å². The highest BCUT2D eigenvalue weighted by molar-refractivity contribution is 7.91. The Balaban J connectivity index is 2.10. The number of hydrogen-bond donors (Lipinski definition) is 1. The lowest BCUT2D eigenvalue weighted by atomic mass is 9.97. The molecule has 0 radical (unpaired) electrons. The van der Waals surface area contributed by atoms with Gasteiger partial charge in [0.15, 0.2) is 0 Å². The van der Waals surface area contributed by atoms with Crippen LogP contribution in [0.15, 0.2) is 34.8 Å². The summed E-state index contributed by atoms with van der Waals surface area (Å²) in [6.07, 6.45) is 4.65. The van der Waals surface area contributed by atoms with E-state index < -0.39 is 15.6 Å². The minimum Gasteiger partial charge on any atom is -0.331 e. The zero-order valence-corrected chi connectivity index (χ0v) is 22.0. The average Bonchev–Trinajstić information content (AvgIpc) is 3.18. The molecule has 0 spiro atoms. The van der Waals surface area contributed by atoms with Gasteiger partial charge in [0.1, 0.15) is 10.0 Å². The quantitative estimate of drug-likeness (QED) is 0.467. The van der Waals surface area contributed by atoms with Gasteiger partial charge >= 0.3 is 0 Å². The monoisotopic (exact) mass is 473 g/mol. The molecular weight excluding hydrogens is 438 g/mol. The van der Waals surface area contributed by atoms with E-state index in [4.69, 9.17) is 0 Å². The number of hydrogen-bond acceptors (Lipinski definition) is 4. The molecule has 0 fully saturated rings. The van der Waals surface area contributed by atoms with Crippen LogP contribution in [0.1, 0.15) is 62.0 Å². The fourth-order valence-electron chi connectivity index (χ4n) is 3.85. The third-order valence-corrected chi connectivity index (χ3v) is 8.98. The molecule has 0 atom stereocenters. The van der Waals surface area contributed by atoms with Crippen LogP contribution in [0.2, 0.25) is 0 Å². The maximum atomic E-state index is 13.4. The topological polar surface area (TPSA) is 64.0 Å². The van der Waals surface area contributed by atoms with Gasteiger partial charge in [0.05, 0.1) is 0 Å². The lowest BCUT2D eigenvalue weighted by Crippen LogP contribution is -2.40. The second-order valence-corrected chi connectivity index (χ2v) is 13.0. The van der Waals surface area contributed by atoms with Crippen molar-refractivity contribution in [2.45, 2.75) is 78.1 Å². The summed E-state index contributed by atoms with van der Waals surface area (Å²) >= 11 is 1.41. The lowest BCUT2D eigenvalue weighted by Gasteiger charge is -2.20. The van der Waals surface area contributed by atoms with Gasteiger partial charge in [-0.25, -0.2) is 18.1 Å². The molecule has 3 rings (SSSR count). The summed E-state index contributed by atoms with van der Waals surface area (Å²) in [5, 5.41) is 0. The van der Waals surface area contributed by atoms with E-state index in [0.29, 0.717) is 10.1 Å². The molecular formula is C25H35N3O2S2. The second kappa shape index (κ2) is 9.12. The van der Waals surface area contributed by atoms with Gasteiger partial charge < -0.3 is 4.57 Å². The number of imidazole rings is 1. The maximum absolute atomic E-state index is 13.4. The number of aryl methyl sites for hydroxylation is 2. The van der Waals surface area contributed by atoms with E-state index in [1.807, 2.05) is 40.1 Å². The molecule has 0 aliphatic carbocycles. The van der Waals surface area contributed by atoms with E-state index in [1.54, 1.807) is 0 Å². The Kier molecular flexibility index (Phi) is 7.03. The lowest BCUT2D eigenvalue weighted by molar-refractivity contribution is 0.492. The molecule has 5 nitrogen and oxygen atoms in total. The zero-order chi connectivity index (χ0) is 23.8. The Morgan fingerprint density at radius 2 is 1.84 bits per heavy atom. The van der Waals surface area contributed by atoms with Gasteiger partial charge in [-0.2, -0.15) is 0 Å². The minimum atomic E-state index is -3.65. The summed E-state index contributed by atoms with van der Waals surface area (Å²) in [7, 11) is -3.65. The van der Waals surface area contributed by atoms with E-state index in [2.05, 4.69) is 60.2 Å². The summed E-state index contributed by atoms with van der Waals surface area (Å²) < 4.78 is 32.1. The normalized spacial score (nSPS) is 12.7. The number of benzene rings is 1. The van der Waals surface area contributed by atoms with Crippen LogP contribution in [0.4, 0.5) is 0 Å². The molecule has 3 aromatic rings. The Labute approximate surface area is 197 Å². The van der Waals surface area contributed by atoms with Crippen LogP contribution in [-0.2, 0) is 23.0 Å². The number of nitrogens with zero attached hydrogens (tertiary/aromatic N) is 2. The number of sulfonamides is 1. The SMILES string of the molecule is Cc1cc(-c2c(S(=O)(=O)NC(C)(C)C)sc(CC(C)C)c2C)ccc1Cn1ccnc1C. The van der Waals surface area contributed by atoms with Crippen molar-refractivity contribution in [2.75, 3.05) is 0 Å². The van der Waals surface area contributed by atoms with Gasteiger partial charge in [0.25, 0.3) is 10.0 Å². The molecule has 0 amide bonds. The van der Waals surface area contributed by atoms with Gasteiger partial charge in [-0.3, -0.25) is 0 Å². The standard InChI is InChI=1S/C25H35N3O2S2/c1-16(2)13-22-18(4)23(24(31-22)32(29,30)27-25(6,7)8)20-9-10-21(17(3)14-20)15-28-12-11-26-19(28)5/h9-12,14,16,27H,13,15H2,1-8H3. The fraction of sp³-hybridized carbons (Fsp3) is 0.480. The van der Waals surface area contributed by atoms with Crippen LogP contribution in [0.5, 0.6) is 0 Å². The molecule has 1 aromatic carbocycles. The van der Waals surface area contributed by atoms with Crippen LogP contribution >= 0.6 is 11.3 Å². The summed E-state index contributed by atoms with van der Waals surface area (Å²) in [5.41, 5.74) is 4.63. The van der Waals surface area contributed by atoms with Crippen LogP contribution in [0.3, 0.4) is 0 Å². The molecule has 0 bridgehead atoms. The van der Waals surface area contributed by atoms with Crippen molar-refractivity contribution in [3.63, 3.8) is 0 Å². The summed E-state index contributed by atoms with van der Waals surface area (Å²) in [5.74, 6) is 1.43. The molecule has 2 heterocycles. The predicted octanol–water partition coefficient (Wildman–Crippen LogP) is 5.86. The van der Waals surface area contributed by atoms with Crippen molar-refractivity contribution < 1.29 is 8.42 Å². The first-order valence-electron chi connectivity index (χ1n) is 11.0. The second-order valence-electron chi connectivity index (χ2n) is 10.0. The highest BCUT2D eigenvalue weighted by Crippen LogP contribution is 2.41. The van der Waals surface area contributed by atoms with E-state index >= 15 is 0 Å². The smallest absolute Gasteiger partial charge is 0.251 e. The summed E-state index contributed by atoms with van der Waals surface area (Å²) in [6, 6.07) is 6.28. The third-order valence-electron chi connectivity index (χ3n) is 5.39. The van der Waals surface area contributed by atoms with Crippen molar-refractivity contribution in [1.82, 2.24) is 14.3 Å². The predicted molar refractivity (Wildman–Crippen MR) is 134 cm³/mol. The molecule has 1 N–H and O–H groups in total. The Hall–Kier alpha value is -1.96. The Morgan fingerprint density at radius 3 is 2.38 bits per heavy atom. The van der Waals surface area contributed by atoms with Gasteiger partial charge in [-0.1, -0.05) is 32.0 Å². The van der Waals surface area contributed by atoms with Crippen LogP contribution in [0, 0.1) is 26.7 Å². The van der Waals surface area contributed by atoms with Crippen molar-refractivity contribution in [3.8, 4) is 11.1 Å². The van der Waals surface area contributed by atoms with Gasteiger partial charge in [0.2, 0.25) is 0 Å². The van der Waals surface area contributed by atoms with E-state index in [1.165, 1.54) is 16.9 Å². The average molecular weight is 474 g/mol. The Morgan fingerprint density at radius 1 is 1.16 bits per heavy atom. The van der Waals surface area contributed by atoms with E-state index in [9.17, 15) is 8.42 Å².